The van der Waals surface area contributed by atoms with Crippen LogP contribution in [0.25, 0.3) is 0 Å². The first-order chi connectivity index (χ1) is 8.69. The van der Waals surface area contributed by atoms with Crippen molar-refractivity contribution < 1.29 is 9.47 Å². The van der Waals surface area contributed by atoms with Crippen LogP contribution in [0.2, 0.25) is 5.02 Å². The molecule has 0 amide bonds. The molecule has 0 aromatic heterocycles. The fourth-order valence-corrected chi connectivity index (χ4v) is 2.15. The summed E-state index contributed by atoms with van der Waals surface area (Å²) in [5, 5.41) is 0.732. The highest BCUT2D eigenvalue weighted by molar-refractivity contribution is 6.30. The largest absolute Gasteiger partial charge is 0.463 e. The van der Waals surface area contributed by atoms with Crippen LogP contribution in [0, 0.1) is 0 Å². The standard InChI is InChI=1S/C13H17ClN2O2/c1-17-12(9-2-4-10(14)5-3-9)7-6-11-8-18-13(15)16-11/h2-5,11-12H,6-8H2,1H3,(H2,15,16)/t11-,12-/m0/s1. The lowest BCUT2D eigenvalue weighted by Gasteiger charge is -2.16. The van der Waals surface area contributed by atoms with Gasteiger partial charge in [-0.15, -0.1) is 0 Å². The Kier molecular flexibility index (Phi) is 4.44. The fraction of sp³-hybridized carbons (Fsp3) is 0.462. The van der Waals surface area contributed by atoms with Crippen LogP contribution in [0.3, 0.4) is 0 Å². The molecule has 0 fully saturated rings. The molecule has 1 aromatic carbocycles. The topological polar surface area (TPSA) is 56.8 Å². The summed E-state index contributed by atoms with van der Waals surface area (Å²) in [5.41, 5.74) is 6.60. The second kappa shape index (κ2) is 6.07. The van der Waals surface area contributed by atoms with Crippen LogP contribution >= 0.6 is 11.6 Å². The molecular formula is C13H17ClN2O2. The summed E-state index contributed by atoms with van der Waals surface area (Å²) >= 11 is 5.87. The maximum atomic E-state index is 5.87. The van der Waals surface area contributed by atoms with Crippen LogP contribution < -0.4 is 5.73 Å². The van der Waals surface area contributed by atoms with Crippen molar-refractivity contribution in [1.82, 2.24) is 0 Å². The van der Waals surface area contributed by atoms with Gasteiger partial charge in [0.1, 0.15) is 6.61 Å². The fourth-order valence-electron chi connectivity index (χ4n) is 2.03. The number of nitrogens with two attached hydrogens (primary N) is 1. The first-order valence-corrected chi connectivity index (χ1v) is 6.31. The molecule has 5 heteroatoms. The smallest absolute Gasteiger partial charge is 0.282 e. The Bertz CT molecular complexity index is 420. The van der Waals surface area contributed by atoms with Gasteiger partial charge in [0, 0.05) is 12.1 Å². The molecule has 98 valence electrons. The van der Waals surface area contributed by atoms with Crippen LogP contribution in [0.5, 0.6) is 0 Å². The lowest BCUT2D eigenvalue weighted by Crippen LogP contribution is -2.11. The van der Waals surface area contributed by atoms with Gasteiger partial charge < -0.3 is 15.2 Å². The van der Waals surface area contributed by atoms with Gasteiger partial charge >= 0.3 is 0 Å². The second-order valence-electron chi connectivity index (χ2n) is 4.29. The molecule has 0 radical (unpaired) electrons. The van der Waals surface area contributed by atoms with Gasteiger partial charge in [0.2, 0.25) is 0 Å². The summed E-state index contributed by atoms with van der Waals surface area (Å²) in [6, 6.07) is 8.16. The lowest BCUT2D eigenvalue weighted by molar-refractivity contribution is 0.0911. The van der Waals surface area contributed by atoms with Crippen LogP contribution in [0.4, 0.5) is 0 Å². The average Bonchev–Trinajstić information content (AvgIpc) is 2.78. The van der Waals surface area contributed by atoms with Crippen LogP contribution in [-0.4, -0.2) is 25.8 Å². The first-order valence-electron chi connectivity index (χ1n) is 5.93. The van der Waals surface area contributed by atoms with E-state index in [-0.39, 0.29) is 12.1 Å². The van der Waals surface area contributed by atoms with E-state index in [2.05, 4.69) is 4.99 Å². The van der Waals surface area contributed by atoms with E-state index in [0.717, 1.165) is 23.4 Å². The van der Waals surface area contributed by atoms with E-state index in [4.69, 9.17) is 26.8 Å². The van der Waals surface area contributed by atoms with Crippen molar-refractivity contribution in [3.8, 4) is 0 Å². The van der Waals surface area contributed by atoms with Gasteiger partial charge in [0.15, 0.2) is 0 Å². The Labute approximate surface area is 112 Å². The van der Waals surface area contributed by atoms with Crippen molar-refractivity contribution in [1.29, 1.82) is 0 Å². The molecular weight excluding hydrogens is 252 g/mol. The molecule has 18 heavy (non-hydrogen) atoms. The summed E-state index contributed by atoms with van der Waals surface area (Å²) in [4.78, 5) is 4.20. The minimum Gasteiger partial charge on any atom is -0.463 e. The molecule has 1 aromatic rings. The van der Waals surface area contributed by atoms with E-state index >= 15 is 0 Å². The van der Waals surface area contributed by atoms with Crippen LogP contribution in [0.1, 0.15) is 24.5 Å². The third kappa shape index (κ3) is 3.37. The number of amidine groups is 1. The summed E-state index contributed by atoms with van der Waals surface area (Å²) in [5.74, 6) is 0. The Balaban J connectivity index is 1.91. The second-order valence-corrected chi connectivity index (χ2v) is 4.72. The lowest BCUT2D eigenvalue weighted by atomic mass is 10.0. The van der Waals surface area contributed by atoms with Gasteiger partial charge in [0.25, 0.3) is 6.02 Å². The SMILES string of the molecule is CO[C@@H](CC[C@H]1COC(N)=N1)c1ccc(Cl)cc1. The van der Waals surface area contributed by atoms with Crippen molar-refractivity contribution in [2.24, 2.45) is 10.7 Å². The predicted molar refractivity (Wildman–Crippen MR) is 71.8 cm³/mol. The van der Waals surface area contributed by atoms with Crippen LogP contribution in [-0.2, 0) is 9.47 Å². The monoisotopic (exact) mass is 268 g/mol. The van der Waals surface area contributed by atoms with Gasteiger partial charge in [-0.2, -0.15) is 0 Å². The Morgan fingerprint density at radius 3 is 2.78 bits per heavy atom. The third-order valence-corrected chi connectivity index (χ3v) is 3.27. The molecule has 1 heterocycles. The number of benzene rings is 1. The number of nitrogens with zero attached hydrogens (tertiary/aromatic N) is 1. The summed E-state index contributed by atoms with van der Waals surface area (Å²) in [6.07, 6.45) is 1.82. The summed E-state index contributed by atoms with van der Waals surface area (Å²) in [7, 11) is 1.71. The van der Waals surface area contributed by atoms with Gasteiger partial charge in [-0.25, -0.2) is 4.99 Å². The molecule has 0 unspecified atom stereocenters. The number of halogens is 1. The van der Waals surface area contributed by atoms with E-state index in [9.17, 15) is 0 Å². The zero-order valence-corrected chi connectivity index (χ0v) is 11.1. The normalized spacial score (nSPS) is 20.3. The summed E-state index contributed by atoms with van der Waals surface area (Å²) in [6.45, 7) is 0.572. The van der Waals surface area contributed by atoms with Crippen LogP contribution in [0.15, 0.2) is 29.3 Å². The number of rotatable bonds is 5. The number of aliphatic imine (C=N–C) groups is 1. The number of ether oxygens (including phenoxy) is 2. The first kappa shape index (κ1) is 13.2. The molecule has 2 rings (SSSR count). The number of methoxy groups -OCH3 is 1. The Hall–Kier alpha value is -1.26. The van der Waals surface area contributed by atoms with E-state index in [0.29, 0.717) is 12.6 Å². The van der Waals surface area contributed by atoms with Crippen molar-refractivity contribution in [2.75, 3.05) is 13.7 Å². The van der Waals surface area contributed by atoms with E-state index in [1.165, 1.54) is 0 Å². The van der Waals surface area contributed by atoms with Crippen molar-refractivity contribution in [2.45, 2.75) is 25.0 Å². The minimum atomic E-state index is 0.0549. The molecule has 1 aliphatic rings. The highest BCUT2D eigenvalue weighted by Crippen LogP contribution is 2.25. The van der Waals surface area contributed by atoms with Gasteiger partial charge in [-0.05, 0) is 30.5 Å². The predicted octanol–water partition coefficient (Wildman–Crippen LogP) is 2.52. The van der Waals surface area contributed by atoms with Crippen molar-refractivity contribution >= 4 is 17.6 Å². The minimum absolute atomic E-state index is 0.0549. The van der Waals surface area contributed by atoms with Gasteiger partial charge in [0.05, 0.1) is 12.1 Å². The molecule has 2 N–H and O–H groups in total. The maximum Gasteiger partial charge on any atom is 0.282 e. The van der Waals surface area contributed by atoms with Crippen molar-refractivity contribution in [3.63, 3.8) is 0 Å². The molecule has 0 saturated heterocycles. The van der Waals surface area contributed by atoms with E-state index < -0.39 is 0 Å². The molecule has 4 nitrogen and oxygen atoms in total. The third-order valence-electron chi connectivity index (χ3n) is 3.02. The van der Waals surface area contributed by atoms with Crippen molar-refractivity contribution in [3.05, 3.63) is 34.9 Å². The maximum absolute atomic E-state index is 5.87. The Morgan fingerprint density at radius 2 is 2.22 bits per heavy atom. The van der Waals surface area contributed by atoms with E-state index in [1.807, 2.05) is 24.3 Å². The molecule has 0 saturated carbocycles. The molecule has 2 atom stereocenters. The van der Waals surface area contributed by atoms with Gasteiger partial charge in [-0.1, -0.05) is 23.7 Å². The zero-order valence-electron chi connectivity index (χ0n) is 10.3. The highest BCUT2D eigenvalue weighted by Gasteiger charge is 2.19. The molecule has 1 aliphatic heterocycles. The molecule has 0 aliphatic carbocycles. The number of hydrogen-bond acceptors (Lipinski definition) is 4. The Morgan fingerprint density at radius 1 is 1.50 bits per heavy atom. The van der Waals surface area contributed by atoms with E-state index in [1.54, 1.807) is 7.11 Å². The highest BCUT2D eigenvalue weighted by atomic mass is 35.5. The average molecular weight is 269 g/mol. The molecule has 0 spiro atoms. The molecule has 0 bridgehead atoms. The summed E-state index contributed by atoms with van der Waals surface area (Å²) < 4.78 is 10.6. The number of hydrogen-bond donors (Lipinski definition) is 1. The quantitative estimate of drug-likeness (QED) is 0.893. The zero-order chi connectivity index (χ0) is 13.0. The van der Waals surface area contributed by atoms with Gasteiger partial charge in [-0.3, -0.25) is 0 Å².